The predicted molar refractivity (Wildman–Crippen MR) is 102 cm³/mol. The van der Waals surface area contributed by atoms with Gasteiger partial charge in [-0.1, -0.05) is 11.6 Å². The van der Waals surface area contributed by atoms with Crippen molar-refractivity contribution < 1.29 is 14.3 Å². The third-order valence-electron chi connectivity index (χ3n) is 3.48. The van der Waals surface area contributed by atoms with Gasteiger partial charge < -0.3 is 10.1 Å². The lowest BCUT2D eigenvalue weighted by Crippen LogP contribution is -2.30. The lowest BCUT2D eigenvalue weighted by atomic mass is 10.3. The van der Waals surface area contributed by atoms with E-state index in [4.69, 9.17) is 16.3 Å². The van der Waals surface area contributed by atoms with Crippen molar-refractivity contribution in [1.29, 1.82) is 0 Å². The van der Waals surface area contributed by atoms with Crippen molar-refractivity contribution in [1.82, 2.24) is 15.0 Å². The second kappa shape index (κ2) is 8.70. The van der Waals surface area contributed by atoms with Crippen LogP contribution in [0.5, 0.6) is 0 Å². The number of esters is 1. The number of pyridine rings is 2. The number of hydrogen-bond donors (Lipinski definition) is 1. The molecule has 0 radical (unpaired) electrons. The summed E-state index contributed by atoms with van der Waals surface area (Å²) >= 11 is 7.31. The van der Waals surface area contributed by atoms with Crippen molar-refractivity contribution in [3.05, 3.63) is 59.1 Å². The molecule has 1 N–H and O–H groups in total. The molecular formula is C18H15ClN4O3S. The van der Waals surface area contributed by atoms with Crippen LogP contribution in [0, 0.1) is 0 Å². The topological polar surface area (TPSA) is 94.1 Å². The van der Waals surface area contributed by atoms with E-state index in [0.717, 1.165) is 10.6 Å². The Balaban J connectivity index is 1.55. The number of thiazole rings is 1. The Hall–Kier alpha value is -2.84. The number of nitrogens with zero attached hydrogens (tertiary/aromatic N) is 3. The number of amides is 1. The normalized spacial score (nSPS) is 11.6. The molecule has 0 unspecified atom stereocenters. The third kappa shape index (κ3) is 5.08. The fourth-order valence-corrected chi connectivity index (χ4v) is 3.14. The third-order valence-corrected chi connectivity index (χ3v) is 4.72. The molecule has 7 nitrogen and oxygen atoms in total. The number of ether oxygens (including phenoxy) is 1. The van der Waals surface area contributed by atoms with E-state index in [2.05, 4.69) is 20.3 Å². The molecule has 0 aliphatic carbocycles. The standard InChI is InChI=1S/C18H15ClN4O3S/c1-11(17(25)23-14-5-3-7-21-16(14)19)26-15(24)8-13-10-27-18(22-13)12-4-2-6-20-9-12/h2-7,9-11H,8H2,1H3,(H,23,25)/t11-/m1/s1. The summed E-state index contributed by atoms with van der Waals surface area (Å²) < 4.78 is 5.18. The largest absolute Gasteiger partial charge is 0.452 e. The van der Waals surface area contributed by atoms with Crippen LogP contribution in [0.2, 0.25) is 5.15 Å². The van der Waals surface area contributed by atoms with Crippen LogP contribution in [0.3, 0.4) is 0 Å². The van der Waals surface area contributed by atoms with Crippen LogP contribution in [0.15, 0.2) is 48.2 Å². The molecule has 3 aromatic rings. The maximum absolute atomic E-state index is 12.1. The van der Waals surface area contributed by atoms with E-state index in [1.54, 1.807) is 29.9 Å². The minimum Gasteiger partial charge on any atom is -0.452 e. The zero-order valence-electron chi connectivity index (χ0n) is 14.3. The van der Waals surface area contributed by atoms with E-state index in [1.807, 2.05) is 12.1 Å². The first-order valence-electron chi connectivity index (χ1n) is 7.98. The summed E-state index contributed by atoms with van der Waals surface area (Å²) in [6.45, 7) is 1.49. The molecule has 27 heavy (non-hydrogen) atoms. The Morgan fingerprint density at radius 3 is 2.85 bits per heavy atom. The molecule has 3 heterocycles. The Bertz CT molecular complexity index is 949. The van der Waals surface area contributed by atoms with Crippen molar-refractivity contribution in [2.45, 2.75) is 19.4 Å². The highest BCUT2D eigenvalue weighted by molar-refractivity contribution is 7.13. The fourth-order valence-electron chi connectivity index (χ4n) is 2.16. The summed E-state index contributed by atoms with van der Waals surface area (Å²) in [6, 6.07) is 6.96. The number of hydrogen-bond acceptors (Lipinski definition) is 7. The van der Waals surface area contributed by atoms with Crippen LogP contribution in [0.25, 0.3) is 10.6 Å². The monoisotopic (exact) mass is 402 g/mol. The number of nitrogens with one attached hydrogen (secondary N) is 1. The molecule has 0 bridgehead atoms. The average molecular weight is 403 g/mol. The van der Waals surface area contributed by atoms with Crippen molar-refractivity contribution >= 4 is 40.5 Å². The zero-order valence-corrected chi connectivity index (χ0v) is 15.8. The zero-order chi connectivity index (χ0) is 19.2. The maximum Gasteiger partial charge on any atom is 0.312 e. The average Bonchev–Trinajstić information content (AvgIpc) is 3.12. The molecular weight excluding hydrogens is 388 g/mol. The molecule has 1 atom stereocenters. The lowest BCUT2D eigenvalue weighted by molar-refractivity contribution is -0.152. The highest BCUT2D eigenvalue weighted by atomic mass is 35.5. The smallest absolute Gasteiger partial charge is 0.312 e. The summed E-state index contributed by atoms with van der Waals surface area (Å²) in [7, 11) is 0. The van der Waals surface area contributed by atoms with Crippen LogP contribution >= 0.6 is 22.9 Å². The van der Waals surface area contributed by atoms with E-state index in [-0.39, 0.29) is 11.6 Å². The minimum atomic E-state index is -0.981. The molecule has 0 aromatic carbocycles. The highest BCUT2D eigenvalue weighted by Crippen LogP contribution is 2.23. The molecule has 3 aromatic heterocycles. The summed E-state index contributed by atoms with van der Waals surface area (Å²) in [4.78, 5) is 36.6. The summed E-state index contributed by atoms with van der Waals surface area (Å²) in [5.41, 5.74) is 1.81. The van der Waals surface area contributed by atoms with Gasteiger partial charge in [0.15, 0.2) is 11.3 Å². The van der Waals surface area contributed by atoms with Gasteiger partial charge in [0.05, 0.1) is 17.8 Å². The van der Waals surface area contributed by atoms with Gasteiger partial charge in [-0.05, 0) is 31.2 Å². The molecule has 9 heteroatoms. The Kier molecular flexibility index (Phi) is 6.10. The number of carbonyl (C=O) groups is 2. The fraction of sp³-hybridized carbons (Fsp3) is 0.167. The molecule has 0 saturated carbocycles. The van der Waals surface area contributed by atoms with E-state index >= 15 is 0 Å². The van der Waals surface area contributed by atoms with Crippen molar-refractivity contribution in [3.8, 4) is 10.6 Å². The SMILES string of the molecule is C[C@@H](OC(=O)Cc1csc(-c2cccnc2)n1)C(=O)Nc1cccnc1Cl. The van der Waals surface area contributed by atoms with Crippen molar-refractivity contribution in [3.63, 3.8) is 0 Å². The highest BCUT2D eigenvalue weighted by Gasteiger charge is 2.20. The van der Waals surface area contributed by atoms with Crippen LogP contribution in [0.1, 0.15) is 12.6 Å². The molecule has 1 amide bonds. The van der Waals surface area contributed by atoms with Crippen LogP contribution < -0.4 is 5.32 Å². The van der Waals surface area contributed by atoms with Gasteiger partial charge in [-0.3, -0.25) is 14.6 Å². The quantitative estimate of drug-likeness (QED) is 0.501. The molecule has 3 rings (SSSR count). The molecule has 0 saturated heterocycles. The van der Waals surface area contributed by atoms with E-state index in [1.165, 1.54) is 24.5 Å². The van der Waals surface area contributed by atoms with Gasteiger partial charge in [-0.2, -0.15) is 0 Å². The second-order valence-electron chi connectivity index (χ2n) is 5.53. The number of rotatable bonds is 6. The van der Waals surface area contributed by atoms with Gasteiger partial charge in [-0.25, -0.2) is 9.97 Å². The maximum atomic E-state index is 12.1. The van der Waals surface area contributed by atoms with E-state index in [0.29, 0.717) is 11.4 Å². The number of aromatic nitrogens is 3. The number of carbonyl (C=O) groups excluding carboxylic acids is 2. The molecule has 138 valence electrons. The van der Waals surface area contributed by atoms with Crippen molar-refractivity contribution in [2.75, 3.05) is 5.32 Å². The van der Waals surface area contributed by atoms with E-state index < -0.39 is 18.0 Å². The predicted octanol–water partition coefficient (Wildman–Crippen LogP) is 3.37. The van der Waals surface area contributed by atoms with Crippen LogP contribution in [0.4, 0.5) is 5.69 Å². The first-order valence-corrected chi connectivity index (χ1v) is 9.24. The molecule has 0 fully saturated rings. The lowest BCUT2D eigenvalue weighted by Gasteiger charge is -2.13. The Labute approximate surface area is 164 Å². The molecule has 0 aliphatic heterocycles. The van der Waals surface area contributed by atoms with Gasteiger partial charge in [-0.15, -0.1) is 11.3 Å². The van der Waals surface area contributed by atoms with E-state index in [9.17, 15) is 9.59 Å². The van der Waals surface area contributed by atoms with Crippen molar-refractivity contribution in [2.24, 2.45) is 0 Å². The number of anilines is 1. The summed E-state index contributed by atoms with van der Waals surface area (Å²) in [6.07, 6.45) is 3.89. The van der Waals surface area contributed by atoms with Gasteiger partial charge in [0, 0.05) is 29.5 Å². The molecule has 0 spiro atoms. The van der Waals surface area contributed by atoms with Gasteiger partial charge in [0.2, 0.25) is 0 Å². The van der Waals surface area contributed by atoms with Gasteiger partial charge in [0.25, 0.3) is 5.91 Å². The first kappa shape index (κ1) is 18.9. The molecule has 0 aliphatic rings. The van der Waals surface area contributed by atoms with Crippen LogP contribution in [-0.2, 0) is 20.7 Å². The van der Waals surface area contributed by atoms with Gasteiger partial charge in [0.1, 0.15) is 5.01 Å². The Morgan fingerprint density at radius 1 is 1.30 bits per heavy atom. The summed E-state index contributed by atoms with van der Waals surface area (Å²) in [5, 5.41) is 5.28. The van der Waals surface area contributed by atoms with Gasteiger partial charge >= 0.3 is 5.97 Å². The first-order chi connectivity index (χ1) is 13.0. The summed E-state index contributed by atoms with van der Waals surface area (Å²) in [5.74, 6) is -1.04. The minimum absolute atomic E-state index is 0.0258. The van der Waals surface area contributed by atoms with Crippen LogP contribution in [-0.4, -0.2) is 32.9 Å². The second-order valence-corrected chi connectivity index (χ2v) is 6.74. The number of halogens is 1. The Morgan fingerprint density at radius 2 is 2.11 bits per heavy atom.